The molecule has 1 fully saturated rings. The van der Waals surface area contributed by atoms with E-state index in [0.717, 1.165) is 24.0 Å². The number of nitrogens with one attached hydrogen (secondary N) is 1. The number of ether oxygens (including phenoxy) is 1. The van der Waals surface area contributed by atoms with Gasteiger partial charge >= 0.3 is 0 Å². The van der Waals surface area contributed by atoms with Crippen molar-refractivity contribution in [3.8, 4) is 5.75 Å². The highest BCUT2D eigenvalue weighted by molar-refractivity contribution is 7.89. The number of rotatable bonds is 6. The fourth-order valence-corrected chi connectivity index (χ4v) is 4.42. The van der Waals surface area contributed by atoms with E-state index in [4.69, 9.17) is 16.3 Å². The van der Waals surface area contributed by atoms with E-state index in [2.05, 4.69) is 11.3 Å². The first kappa shape index (κ1) is 21.4. The average Bonchev–Trinajstić information content (AvgIpc) is 2.73. The van der Waals surface area contributed by atoms with E-state index in [9.17, 15) is 13.2 Å². The molecule has 1 aliphatic rings. The smallest absolute Gasteiger partial charge is 0.253 e. The van der Waals surface area contributed by atoms with E-state index < -0.39 is 10.0 Å². The second kappa shape index (κ2) is 8.98. The van der Waals surface area contributed by atoms with E-state index in [1.165, 1.54) is 19.2 Å². The van der Waals surface area contributed by atoms with Gasteiger partial charge in [0.1, 0.15) is 10.6 Å². The maximum Gasteiger partial charge on any atom is 0.253 e. The Balaban J connectivity index is 1.82. The van der Waals surface area contributed by atoms with Gasteiger partial charge in [-0.15, -0.1) is 0 Å². The zero-order valence-electron chi connectivity index (χ0n) is 16.2. The Hall–Kier alpha value is -2.35. The van der Waals surface area contributed by atoms with Crippen molar-refractivity contribution >= 4 is 27.5 Å². The number of sulfonamides is 1. The minimum absolute atomic E-state index is 0.0683. The van der Waals surface area contributed by atoms with E-state index in [0.29, 0.717) is 23.7 Å². The molecule has 8 heteroatoms. The first-order valence-electron chi connectivity index (χ1n) is 9.18. The molecule has 2 aromatic rings. The molecule has 1 saturated heterocycles. The second-order valence-electron chi connectivity index (χ2n) is 6.86. The lowest BCUT2D eigenvalue weighted by molar-refractivity contribution is 0.0743. The van der Waals surface area contributed by atoms with Crippen LogP contribution in [0.3, 0.4) is 0 Å². The molecule has 0 saturated carbocycles. The molecule has 1 N–H and O–H groups in total. The summed E-state index contributed by atoms with van der Waals surface area (Å²) in [6, 6.07) is 11.3. The third-order valence-corrected chi connectivity index (χ3v) is 6.51. The number of likely N-dealkylation sites (tertiary alicyclic amines) is 1. The van der Waals surface area contributed by atoms with Crippen LogP contribution in [0.15, 0.2) is 59.5 Å². The zero-order chi connectivity index (χ0) is 21.0. The molecule has 29 heavy (non-hydrogen) atoms. The maximum atomic E-state index is 12.9. The molecule has 3 rings (SSSR count). The minimum atomic E-state index is -3.90. The lowest BCUT2D eigenvalue weighted by Gasteiger charge is -2.28. The molecule has 0 spiro atoms. The quantitative estimate of drug-likeness (QED) is 0.704. The van der Waals surface area contributed by atoms with Gasteiger partial charge in [-0.3, -0.25) is 4.79 Å². The molecule has 154 valence electrons. The summed E-state index contributed by atoms with van der Waals surface area (Å²) in [6.45, 7) is 5.21. The lowest BCUT2D eigenvalue weighted by atomic mass is 10.0. The molecule has 1 heterocycles. The lowest BCUT2D eigenvalue weighted by Crippen LogP contribution is -2.36. The van der Waals surface area contributed by atoms with E-state index >= 15 is 0 Å². The molecule has 0 radical (unpaired) electrons. The van der Waals surface area contributed by atoms with Gasteiger partial charge in [-0.25, -0.2) is 13.1 Å². The van der Waals surface area contributed by atoms with Crippen molar-refractivity contribution in [1.29, 1.82) is 0 Å². The monoisotopic (exact) mass is 434 g/mol. The van der Waals surface area contributed by atoms with E-state index in [1.54, 1.807) is 35.2 Å². The number of benzene rings is 2. The van der Waals surface area contributed by atoms with Gasteiger partial charge in [-0.05, 0) is 48.7 Å². The summed E-state index contributed by atoms with van der Waals surface area (Å²) in [5, 5.41) is 0.575. The fourth-order valence-electron chi connectivity index (χ4n) is 3.09. The van der Waals surface area contributed by atoms with Gasteiger partial charge in [-0.1, -0.05) is 35.9 Å². The average molecular weight is 435 g/mol. The standard InChI is InChI=1S/C21H23ClN2O4S/c1-15-9-11-24(12-10-15)21(25)17-5-8-19(28-2)20(13-17)29(26,27)23-14-16-3-6-18(22)7-4-16/h3-8,13,23H,1,9-12,14H2,2H3. The number of methoxy groups -OCH3 is 1. The van der Waals surface area contributed by atoms with Crippen molar-refractivity contribution in [2.75, 3.05) is 20.2 Å². The van der Waals surface area contributed by atoms with Gasteiger partial charge in [-0.2, -0.15) is 0 Å². The third kappa shape index (κ3) is 5.18. The van der Waals surface area contributed by atoms with Crippen LogP contribution in [0.2, 0.25) is 5.02 Å². The number of halogens is 1. The Morgan fingerprint density at radius 2 is 1.83 bits per heavy atom. The molecule has 2 aromatic carbocycles. The minimum Gasteiger partial charge on any atom is -0.495 e. The summed E-state index contributed by atoms with van der Waals surface area (Å²) < 4.78 is 33.6. The van der Waals surface area contributed by atoms with Crippen LogP contribution >= 0.6 is 11.6 Å². The third-order valence-electron chi connectivity index (χ3n) is 4.84. The highest BCUT2D eigenvalue weighted by atomic mass is 35.5. The zero-order valence-corrected chi connectivity index (χ0v) is 17.7. The SMILES string of the molecule is C=C1CCN(C(=O)c2ccc(OC)c(S(=O)(=O)NCc3ccc(Cl)cc3)c2)CC1. The van der Waals surface area contributed by atoms with Crippen molar-refractivity contribution < 1.29 is 17.9 Å². The molecule has 1 aliphatic heterocycles. The van der Waals surface area contributed by atoms with Gasteiger partial charge < -0.3 is 9.64 Å². The van der Waals surface area contributed by atoms with Crippen molar-refractivity contribution in [2.45, 2.75) is 24.3 Å². The number of carbonyl (C=O) groups is 1. The van der Waals surface area contributed by atoms with Crippen molar-refractivity contribution in [3.63, 3.8) is 0 Å². The normalized spacial score (nSPS) is 14.7. The molecule has 0 unspecified atom stereocenters. The first-order chi connectivity index (χ1) is 13.8. The van der Waals surface area contributed by atoms with E-state index in [1.807, 2.05) is 0 Å². The summed E-state index contributed by atoms with van der Waals surface area (Å²) >= 11 is 5.86. The van der Waals surface area contributed by atoms with Crippen molar-refractivity contribution in [2.24, 2.45) is 0 Å². The number of nitrogens with zero attached hydrogens (tertiary/aromatic N) is 1. The predicted octanol–water partition coefficient (Wildman–Crippen LogP) is 3.62. The first-order valence-corrected chi connectivity index (χ1v) is 11.0. The fraction of sp³-hybridized carbons (Fsp3) is 0.286. The number of carbonyl (C=O) groups excluding carboxylic acids is 1. The highest BCUT2D eigenvalue weighted by Gasteiger charge is 2.24. The van der Waals surface area contributed by atoms with E-state index in [-0.39, 0.29) is 23.1 Å². The molecule has 1 amide bonds. The molecule has 0 aliphatic carbocycles. The summed E-state index contributed by atoms with van der Waals surface area (Å²) in [5.74, 6) is -0.0218. The molecular weight excluding hydrogens is 412 g/mol. The molecular formula is C21H23ClN2O4S. The van der Waals surface area contributed by atoms with Crippen LogP contribution in [0, 0.1) is 0 Å². The number of hydrogen-bond acceptors (Lipinski definition) is 4. The molecule has 0 bridgehead atoms. The summed E-state index contributed by atoms with van der Waals surface area (Å²) in [4.78, 5) is 14.5. The van der Waals surface area contributed by atoms with Crippen LogP contribution in [0.1, 0.15) is 28.8 Å². The van der Waals surface area contributed by atoms with Crippen LogP contribution in [-0.4, -0.2) is 39.4 Å². The maximum absolute atomic E-state index is 12.9. The summed E-state index contributed by atoms with van der Waals surface area (Å²) in [5.41, 5.74) is 2.20. The van der Waals surface area contributed by atoms with Gasteiger partial charge in [0.2, 0.25) is 10.0 Å². The van der Waals surface area contributed by atoms with Gasteiger partial charge in [0, 0.05) is 30.2 Å². The largest absolute Gasteiger partial charge is 0.495 e. The molecule has 0 atom stereocenters. The Morgan fingerprint density at radius 3 is 2.45 bits per heavy atom. The number of amides is 1. The Morgan fingerprint density at radius 1 is 1.17 bits per heavy atom. The topological polar surface area (TPSA) is 75.7 Å². The molecule has 6 nitrogen and oxygen atoms in total. The van der Waals surface area contributed by atoms with Crippen LogP contribution < -0.4 is 9.46 Å². The summed E-state index contributed by atoms with van der Waals surface area (Å²) in [6.07, 6.45) is 1.52. The summed E-state index contributed by atoms with van der Waals surface area (Å²) in [7, 11) is -2.51. The van der Waals surface area contributed by atoms with Crippen LogP contribution in [-0.2, 0) is 16.6 Å². The Bertz CT molecular complexity index is 1010. The van der Waals surface area contributed by atoms with Gasteiger partial charge in [0.15, 0.2) is 0 Å². The number of hydrogen-bond donors (Lipinski definition) is 1. The van der Waals surface area contributed by atoms with Crippen LogP contribution in [0.4, 0.5) is 0 Å². The Labute approximate surface area is 176 Å². The number of piperidine rings is 1. The van der Waals surface area contributed by atoms with Crippen LogP contribution in [0.25, 0.3) is 0 Å². The van der Waals surface area contributed by atoms with Gasteiger partial charge in [0.05, 0.1) is 7.11 Å². The second-order valence-corrected chi connectivity index (χ2v) is 9.03. The van der Waals surface area contributed by atoms with Crippen LogP contribution in [0.5, 0.6) is 5.75 Å². The van der Waals surface area contributed by atoms with Crippen molar-refractivity contribution in [3.05, 3.63) is 70.8 Å². The Kier molecular flexibility index (Phi) is 6.62. The molecule has 0 aromatic heterocycles. The van der Waals surface area contributed by atoms with Gasteiger partial charge in [0.25, 0.3) is 5.91 Å². The predicted molar refractivity (Wildman–Crippen MR) is 113 cm³/mol. The van der Waals surface area contributed by atoms with Crippen molar-refractivity contribution in [1.82, 2.24) is 9.62 Å². The highest BCUT2D eigenvalue weighted by Crippen LogP contribution is 2.26.